The summed E-state index contributed by atoms with van der Waals surface area (Å²) in [7, 11) is 3.37. The van der Waals surface area contributed by atoms with Gasteiger partial charge in [-0.1, -0.05) is 0 Å². The highest BCUT2D eigenvalue weighted by atomic mass is 32.2. The number of thioether (sulfide) groups is 1. The van der Waals surface area contributed by atoms with Crippen molar-refractivity contribution in [2.75, 3.05) is 32.3 Å². The van der Waals surface area contributed by atoms with E-state index in [4.69, 9.17) is 9.47 Å². The van der Waals surface area contributed by atoms with Gasteiger partial charge in [-0.15, -0.1) is 0 Å². The Morgan fingerprint density at radius 2 is 1.87 bits per heavy atom. The Kier molecular flexibility index (Phi) is 6.64. The summed E-state index contributed by atoms with van der Waals surface area (Å²) in [4.78, 5) is 0. The van der Waals surface area contributed by atoms with Gasteiger partial charge in [0.1, 0.15) is 0 Å². The highest BCUT2D eigenvalue weighted by Gasteiger charge is 2.18. The second kappa shape index (κ2) is 7.49. The van der Waals surface area contributed by atoms with E-state index in [0.29, 0.717) is 0 Å². The van der Waals surface area contributed by atoms with Crippen LogP contribution in [0.2, 0.25) is 0 Å². The lowest BCUT2D eigenvalue weighted by molar-refractivity contribution is -0.119. The van der Waals surface area contributed by atoms with E-state index in [9.17, 15) is 0 Å². The molecule has 15 heavy (non-hydrogen) atoms. The van der Waals surface area contributed by atoms with E-state index in [-0.39, 0.29) is 12.3 Å². The van der Waals surface area contributed by atoms with Gasteiger partial charge in [-0.05, 0) is 43.7 Å². The maximum absolute atomic E-state index is 5.21. The molecule has 1 fully saturated rings. The third-order valence-corrected chi connectivity index (χ3v) is 3.99. The molecule has 0 saturated carbocycles. The molecule has 0 bridgehead atoms. The van der Waals surface area contributed by atoms with E-state index in [1.807, 2.05) is 0 Å². The van der Waals surface area contributed by atoms with Crippen LogP contribution in [0.25, 0.3) is 0 Å². The fourth-order valence-corrected chi connectivity index (χ4v) is 3.11. The number of ether oxygens (including phenoxy) is 2. The summed E-state index contributed by atoms with van der Waals surface area (Å²) in [6.07, 6.45) is 2.55. The van der Waals surface area contributed by atoms with Crippen molar-refractivity contribution < 1.29 is 9.47 Å². The van der Waals surface area contributed by atoms with Crippen LogP contribution in [0, 0.1) is 5.92 Å². The predicted molar refractivity (Wildman–Crippen MR) is 65.3 cm³/mol. The lowest BCUT2D eigenvalue weighted by atomic mass is 10.0. The van der Waals surface area contributed by atoms with Crippen molar-refractivity contribution in [3.05, 3.63) is 0 Å². The molecule has 0 radical (unpaired) electrons. The zero-order valence-corrected chi connectivity index (χ0v) is 10.8. The molecule has 3 nitrogen and oxygen atoms in total. The molecule has 90 valence electrons. The molecule has 0 aromatic carbocycles. The van der Waals surface area contributed by atoms with E-state index in [1.165, 1.54) is 24.3 Å². The summed E-state index contributed by atoms with van der Waals surface area (Å²) in [5.74, 6) is 3.47. The van der Waals surface area contributed by atoms with Crippen molar-refractivity contribution in [2.24, 2.45) is 5.92 Å². The summed E-state index contributed by atoms with van der Waals surface area (Å²) >= 11 is 2.07. The molecule has 1 aliphatic rings. The molecule has 1 saturated heterocycles. The predicted octanol–water partition coefficient (Wildman–Crippen LogP) is 1.73. The normalized spacial score (nSPS) is 20.8. The zero-order valence-electron chi connectivity index (χ0n) is 9.99. The molecule has 1 N–H and O–H groups in total. The zero-order chi connectivity index (χ0) is 11.1. The third kappa shape index (κ3) is 4.72. The molecular formula is C11H23NO2S. The third-order valence-electron chi connectivity index (χ3n) is 2.94. The fraction of sp³-hybridized carbons (Fsp3) is 1.00. The fourth-order valence-electron chi connectivity index (χ4n) is 1.90. The van der Waals surface area contributed by atoms with E-state index in [1.54, 1.807) is 14.2 Å². The average Bonchev–Trinajstić information content (AvgIpc) is 2.29. The maximum Gasteiger partial charge on any atom is 0.171 e. The number of methoxy groups -OCH3 is 2. The van der Waals surface area contributed by atoms with E-state index in [2.05, 4.69) is 24.0 Å². The summed E-state index contributed by atoms with van der Waals surface area (Å²) in [6, 6.07) is 0.259. The molecular weight excluding hydrogens is 210 g/mol. The van der Waals surface area contributed by atoms with Crippen LogP contribution < -0.4 is 5.32 Å². The molecule has 0 aliphatic carbocycles. The van der Waals surface area contributed by atoms with Crippen LogP contribution in [0.4, 0.5) is 0 Å². The molecule has 0 amide bonds. The van der Waals surface area contributed by atoms with Gasteiger partial charge >= 0.3 is 0 Å². The van der Waals surface area contributed by atoms with Crippen LogP contribution in [0.1, 0.15) is 19.8 Å². The molecule has 0 aromatic rings. The second-order valence-corrected chi connectivity index (χ2v) is 5.32. The Balaban J connectivity index is 2.16. The van der Waals surface area contributed by atoms with Crippen LogP contribution in [0.15, 0.2) is 0 Å². The van der Waals surface area contributed by atoms with Crippen molar-refractivity contribution in [3.63, 3.8) is 0 Å². The summed E-state index contributed by atoms with van der Waals surface area (Å²) in [5, 5.41) is 3.50. The Bertz CT molecular complexity index is 159. The quantitative estimate of drug-likeness (QED) is 0.708. The minimum absolute atomic E-state index is 0.136. The van der Waals surface area contributed by atoms with Gasteiger partial charge in [-0.3, -0.25) is 0 Å². The van der Waals surface area contributed by atoms with Gasteiger partial charge in [0.25, 0.3) is 0 Å². The Morgan fingerprint density at radius 1 is 1.27 bits per heavy atom. The molecule has 1 aliphatic heterocycles. The lowest BCUT2D eigenvalue weighted by Crippen LogP contribution is -2.42. The van der Waals surface area contributed by atoms with Gasteiger partial charge in [0.2, 0.25) is 0 Å². The SMILES string of the molecule is COC(OC)C(C)NCC1CCSCC1. The highest BCUT2D eigenvalue weighted by molar-refractivity contribution is 7.99. The Labute approximate surface area is 97.3 Å². The van der Waals surface area contributed by atoms with Gasteiger partial charge < -0.3 is 14.8 Å². The molecule has 4 heteroatoms. The number of nitrogens with one attached hydrogen (secondary N) is 1. The largest absolute Gasteiger partial charge is 0.354 e. The van der Waals surface area contributed by atoms with Crippen LogP contribution in [-0.2, 0) is 9.47 Å². The molecule has 0 spiro atoms. The Morgan fingerprint density at radius 3 is 2.40 bits per heavy atom. The van der Waals surface area contributed by atoms with Crippen molar-refractivity contribution >= 4 is 11.8 Å². The monoisotopic (exact) mass is 233 g/mol. The van der Waals surface area contributed by atoms with Crippen molar-refractivity contribution in [1.29, 1.82) is 0 Å². The van der Waals surface area contributed by atoms with E-state index in [0.717, 1.165) is 12.5 Å². The van der Waals surface area contributed by atoms with Gasteiger partial charge in [-0.2, -0.15) is 11.8 Å². The topological polar surface area (TPSA) is 30.5 Å². The first-order valence-corrected chi connectivity index (χ1v) is 6.80. The van der Waals surface area contributed by atoms with Crippen LogP contribution in [0.3, 0.4) is 0 Å². The van der Waals surface area contributed by atoms with Crippen LogP contribution >= 0.6 is 11.8 Å². The highest BCUT2D eigenvalue weighted by Crippen LogP contribution is 2.22. The minimum Gasteiger partial charge on any atom is -0.354 e. The van der Waals surface area contributed by atoms with Crippen LogP contribution in [0.5, 0.6) is 0 Å². The van der Waals surface area contributed by atoms with Gasteiger partial charge in [0, 0.05) is 14.2 Å². The van der Waals surface area contributed by atoms with Crippen LogP contribution in [-0.4, -0.2) is 44.6 Å². The lowest BCUT2D eigenvalue weighted by Gasteiger charge is -2.26. The Hall–Kier alpha value is 0.230. The first-order valence-electron chi connectivity index (χ1n) is 5.64. The number of rotatable bonds is 6. The van der Waals surface area contributed by atoms with Crippen molar-refractivity contribution in [3.8, 4) is 0 Å². The number of hydrogen-bond acceptors (Lipinski definition) is 4. The van der Waals surface area contributed by atoms with Crippen molar-refractivity contribution in [1.82, 2.24) is 5.32 Å². The standard InChI is InChI=1S/C11H23NO2S/c1-9(11(13-2)14-3)12-8-10-4-6-15-7-5-10/h9-12H,4-8H2,1-3H3. The average molecular weight is 233 g/mol. The maximum atomic E-state index is 5.21. The van der Waals surface area contributed by atoms with Gasteiger partial charge in [0.15, 0.2) is 6.29 Å². The van der Waals surface area contributed by atoms with E-state index < -0.39 is 0 Å². The van der Waals surface area contributed by atoms with Gasteiger partial charge in [0.05, 0.1) is 6.04 Å². The second-order valence-electron chi connectivity index (χ2n) is 4.09. The van der Waals surface area contributed by atoms with Gasteiger partial charge in [-0.25, -0.2) is 0 Å². The molecule has 1 heterocycles. The summed E-state index contributed by atoms with van der Waals surface area (Å²) < 4.78 is 10.4. The molecule has 1 rings (SSSR count). The summed E-state index contributed by atoms with van der Waals surface area (Å²) in [5.41, 5.74) is 0. The van der Waals surface area contributed by atoms with E-state index >= 15 is 0 Å². The number of hydrogen-bond donors (Lipinski definition) is 1. The minimum atomic E-state index is -0.136. The molecule has 1 atom stereocenters. The first-order chi connectivity index (χ1) is 7.27. The molecule has 0 aromatic heterocycles. The summed E-state index contributed by atoms with van der Waals surface area (Å²) in [6.45, 7) is 3.19. The first kappa shape index (κ1) is 13.3. The smallest absolute Gasteiger partial charge is 0.171 e. The molecule has 1 unspecified atom stereocenters. The van der Waals surface area contributed by atoms with Crippen molar-refractivity contribution in [2.45, 2.75) is 32.1 Å².